The Morgan fingerprint density at radius 3 is 2.84 bits per heavy atom. The Kier molecular flexibility index (Phi) is 5.11. The molecule has 0 N–H and O–H groups in total. The van der Waals surface area contributed by atoms with E-state index < -0.39 is 12.0 Å². The molecule has 2 atom stereocenters. The monoisotopic (exact) mass is 464 g/mol. The first kappa shape index (κ1) is 20.7. The molecule has 6 rings (SSSR count). The van der Waals surface area contributed by atoms with Gasteiger partial charge in [0.15, 0.2) is 16.8 Å². The highest BCUT2D eigenvalue weighted by molar-refractivity contribution is 6.30. The van der Waals surface area contributed by atoms with Crippen LogP contribution in [0.5, 0.6) is 6.01 Å². The second-order valence-electron chi connectivity index (χ2n) is 9.47. The van der Waals surface area contributed by atoms with E-state index in [2.05, 4.69) is 24.9 Å². The molecule has 32 heavy (non-hydrogen) atoms. The Bertz CT molecular complexity index is 1060. The van der Waals surface area contributed by atoms with Gasteiger partial charge in [-0.3, -0.25) is 9.91 Å². The minimum absolute atomic E-state index is 0.120. The van der Waals surface area contributed by atoms with Gasteiger partial charge in [0.1, 0.15) is 18.3 Å². The molecule has 2 aromatic rings. The molecule has 0 aromatic carbocycles. The number of halogens is 3. The van der Waals surface area contributed by atoms with E-state index in [-0.39, 0.29) is 22.2 Å². The molecule has 0 amide bonds. The maximum Gasteiger partial charge on any atom is 0.319 e. The number of fused-ring (bicyclic) bond motifs is 3. The first-order valence-electron chi connectivity index (χ1n) is 11.6. The van der Waals surface area contributed by atoms with E-state index in [0.717, 1.165) is 64.0 Å². The maximum absolute atomic E-state index is 15.1. The molecule has 2 aromatic heterocycles. The first-order chi connectivity index (χ1) is 15.5. The molecule has 0 aliphatic carbocycles. The fourth-order valence-corrected chi connectivity index (χ4v) is 6.15. The molecule has 7 nitrogen and oxygen atoms in total. The molecule has 4 aliphatic heterocycles. The van der Waals surface area contributed by atoms with Crippen LogP contribution in [-0.4, -0.2) is 75.9 Å². The van der Waals surface area contributed by atoms with Gasteiger partial charge >= 0.3 is 6.01 Å². The molecule has 6 heterocycles. The van der Waals surface area contributed by atoms with Crippen LogP contribution in [0.2, 0.25) is 5.15 Å². The Balaban J connectivity index is 1.42. The summed E-state index contributed by atoms with van der Waals surface area (Å²) in [6.45, 7) is 4.13. The summed E-state index contributed by atoms with van der Waals surface area (Å²) in [7, 11) is 0. The van der Waals surface area contributed by atoms with Crippen molar-refractivity contribution in [3.63, 3.8) is 0 Å². The van der Waals surface area contributed by atoms with Crippen molar-refractivity contribution in [3.8, 4) is 6.01 Å². The number of ether oxygens (including phenoxy) is 1. The van der Waals surface area contributed by atoms with Crippen molar-refractivity contribution in [1.29, 1.82) is 0 Å². The number of aromatic nitrogens is 3. The number of hydrazine groups is 1. The predicted octanol–water partition coefficient (Wildman–Crippen LogP) is 3.54. The number of alkyl halides is 1. The van der Waals surface area contributed by atoms with Crippen LogP contribution in [0.25, 0.3) is 10.9 Å². The Hall–Kier alpha value is -1.84. The smallest absolute Gasteiger partial charge is 0.319 e. The third-order valence-corrected chi connectivity index (χ3v) is 7.74. The largest absolute Gasteiger partial charge is 0.461 e. The molecule has 3 saturated heterocycles. The lowest BCUT2D eigenvalue weighted by Gasteiger charge is -2.33. The lowest BCUT2D eigenvalue weighted by molar-refractivity contribution is 0.107. The zero-order valence-corrected chi connectivity index (χ0v) is 18.8. The Morgan fingerprint density at radius 1 is 1.06 bits per heavy atom. The van der Waals surface area contributed by atoms with Crippen LogP contribution in [0.15, 0.2) is 0 Å². The number of hydrogen-bond acceptors (Lipinski definition) is 7. The molecular formula is C22H27ClF2N6O. The third kappa shape index (κ3) is 3.31. The molecule has 0 spiro atoms. The summed E-state index contributed by atoms with van der Waals surface area (Å²) in [6, 6.07) is 0.120. The quantitative estimate of drug-likeness (QED) is 0.644. The first-order valence-corrected chi connectivity index (χ1v) is 12.0. The minimum Gasteiger partial charge on any atom is -0.461 e. The summed E-state index contributed by atoms with van der Waals surface area (Å²) in [5.74, 6) is -0.00873. The van der Waals surface area contributed by atoms with Crippen molar-refractivity contribution in [2.45, 2.75) is 56.7 Å². The van der Waals surface area contributed by atoms with Crippen molar-refractivity contribution in [3.05, 3.63) is 16.7 Å². The highest BCUT2D eigenvalue weighted by atomic mass is 35.5. The summed E-state index contributed by atoms with van der Waals surface area (Å²) in [4.78, 5) is 15.7. The van der Waals surface area contributed by atoms with Crippen molar-refractivity contribution in [2.24, 2.45) is 0 Å². The van der Waals surface area contributed by atoms with E-state index in [4.69, 9.17) is 21.3 Å². The summed E-state index contributed by atoms with van der Waals surface area (Å²) >= 11 is 6.14. The second kappa shape index (κ2) is 7.88. The summed E-state index contributed by atoms with van der Waals surface area (Å²) in [5, 5.41) is 4.86. The molecular weight excluding hydrogens is 438 g/mol. The average Bonchev–Trinajstić information content (AvgIpc) is 3.12. The van der Waals surface area contributed by atoms with Crippen LogP contribution < -0.4 is 9.75 Å². The van der Waals surface area contributed by atoms with Gasteiger partial charge in [-0.1, -0.05) is 18.0 Å². The van der Waals surface area contributed by atoms with Gasteiger partial charge in [0.2, 0.25) is 0 Å². The molecule has 0 radical (unpaired) electrons. The lowest BCUT2D eigenvalue weighted by atomic mass is 9.95. The molecule has 0 saturated carbocycles. The van der Waals surface area contributed by atoms with Gasteiger partial charge in [-0.05, 0) is 32.2 Å². The average molecular weight is 465 g/mol. The lowest BCUT2D eigenvalue weighted by Crippen LogP contribution is -2.44. The highest BCUT2D eigenvalue weighted by Crippen LogP contribution is 2.41. The van der Waals surface area contributed by atoms with Crippen molar-refractivity contribution < 1.29 is 13.5 Å². The fraction of sp³-hybridized carbons (Fsp3) is 0.682. The van der Waals surface area contributed by atoms with Crippen LogP contribution in [0.1, 0.15) is 44.2 Å². The van der Waals surface area contributed by atoms with Crippen LogP contribution >= 0.6 is 11.6 Å². The summed E-state index contributed by atoms with van der Waals surface area (Å²) in [5.41, 5.74) is 0.555. The number of rotatable bonds is 3. The van der Waals surface area contributed by atoms with E-state index in [9.17, 15) is 4.39 Å². The van der Waals surface area contributed by atoms with Gasteiger partial charge in [0.05, 0.1) is 16.6 Å². The summed E-state index contributed by atoms with van der Waals surface area (Å²) in [6.07, 6.45) is 5.48. The predicted molar refractivity (Wildman–Crippen MR) is 117 cm³/mol. The number of nitrogens with zero attached hydrogens (tertiary/aromatic N) is 6. The second-order valence-corrected chi connectivity index (χ2v) is 9.83. The molecule has 10 heteroatoms. The van der Waals surface area contributed by atoms with Gasteiger partial charge < -0.3 is 4.74 Å². The zero-order chi connectivity index (χ0) is 21.9. The summed E-state index contributed by atoms with van der Waals surface area (Å²) < 4.78 is 35.4. The van der Waals surface area contributed by atoms with Crippen LogP contribution in [0.4, 0.5) is 14.6 Å². The van der Waals surface area contributed by atoms with Crippen molar-refractivity contribution in [1.82, 2.24) is 24.9 Å². The topological polar surface area (TPSA) is 57.6 Å². The van der Waals surface area contributed by atoms with Gasteiger partial charge in [0.25, 0.3) is 0 Å². The van der Waals surface area contributed by atoms with Crippen LogP contribution in [0.3, 0.4) is 0 Å². The standard InChI is InChI=1S/C22H27ClF2N6O/c23-19-17(25)18-16-15(26-19)5-10-30-8-2-1-3-9-31(30)20(16)28-21(27-18)32-13-22-6-4-7-29(22)12-14(24)11-22/h14H,1-13H2/t14-,22+/m1/s1. The Labute approximate surface area is 190 Å². The van der Waals surface area contributed by atoms with E-state index >= 15 is 4.39 Å². The number of pyridine rings is 1. The number of hydrogen-bond donors (Lipinski definition) is 0. The SMILES string of the molecule is Fc1c(Cl)nc2c3c(nc(OC[C@@]45CCCN4C[C@H](F)C5)nc13)N1CCCCCN1CC2. The molecule has 172 valence electrons. The van der Waals surface area contributed by atoms with E-state index in [1.165, 1.54) is 0 Å². The van der Waals surface area contributed by atoms with Gasteiger partial charge in [-0.25, -0.2) is 18.8 Å². The molecule has 4 aliphatic rings. The maximum atomic E-state index is 15.1. The van der Waals surface area contributed by atoms with Crippen molar-refractivity contribution in [2.75, 3.05) is 44.3 Å². The van der Waals surface area contributed by atoms with Gasteiger partial charge in [-0.15, -0.1) is 0 Å². The van der Waals surface area contributed by atoms with Gasteiger partial charge in [-0.2, -0.15) is 9.97 Å². The fourth-order valence-electron chi connectivity index (χ4n) is 5.96. The van der Waals surface area contributed by atoms with E-state index in [1.54, 1.807) is 0 Å². The van der Waals surface area contributed by atoms with E-state index in [1.807, 2.05) is 0 Å². The minimum atomic E-state index is -0.836. The molecule has 0 unspecified atom stereocenters. The Morgan fingerprint density at radius 2 is 1.94 bits per heavy atom. The normalized spacial score (nSPS) is 28.5. The highest BCUT2D eigenvalue weighted by Gasteiger charge is 2.49. The van der Waals surface area contributed by atoms with E-state index in [0.29, 0.717) is 37.2 Å². The van der Waals surface area contributed by atoms with Crippen molar-refractivity contribution >= 4 is 28.3 Å². The zero-order valence-electron chi connectivity index (χ0n) is 18.0. The molecule has 0 bridgehead atoms. The van der Waals surface area contributed by atoms with Crippen LogP contribution in [-0.2, 0) is 6.42 Å². The third-order valence-electron chi connectivity index (χ3n) is 7.49. The van der Waals surface area contributed by atoms with Gasteiger partial charge in [0, 0.05) is 39.0 Å². The molecule has 3 fully saturated rings. The van der Waals surface area contributed by atoms with Crippen LogP contribution in [0, 0.1) is 5.82 Å². The number of anilines is 1.